The van der Waals surface area contributed by atoms with Crippen LogP contribution in [0.3, 0.4) is 0 Å². The molecule has 1 fully saturated rings. The second kappa shape index (κ2) is 5.69. The minimum absolute atomic E-state index is 0.288. The van der Waals surface area contributed by atoms with E-state index in [1.165, 1.54) is 12.8 Å². The van der Waals surface area contributed by atoms with Gasteiger partial charge in [0.15, 0.2) is 0 Å². The summed E-state index contributed by atoms with van der Waals surface area (Å²) in [6, 6.07) is 1.11. The van der Waals surface area contributed by atoms with Gasteiger partial charge in [-0.15, -0.1) is 0 Å². The van der Waals surface area contributed by atoms with Gasteiger partial charge in [0.1, 0.15) is 0 Å². The van der Waals surface area contributed by atoms with E-state index in [-0.39, 0.29) is 6.61 Å². The molecule has 0 aromatic rings. The number of nitrogens with zero attached hydrogens (tertiary/aromatic N) is 1. The molecule has 1 rings (SSSR count). The molecule has 0 aromatic carbocycles. The predicted octanol–water partition coefficient (Wildman–Crippen LogP) is 0.816. The van der Waals surface area contributed by atoms with Crippen molar-refractivity contribution in [3.63, 3.8) is 0 Å². The van der Waals surface area contributed by atoms with Gasteiger partial charge in [0.05, 0.1) is 0 Å². The van der Waals surface area contributed by atoms with Gasteiger partial charge >= 0.3 is 0 Å². The van der Waals surface area contributed by atoms with Gasteiger partial charge in [0.2, 0.25) is 0 Å². The van der Waals surface area contributed by atoms with Gasteiger partial charge in [0, 0.05) is 25.2 Å². The minimum atomic E-state index is 0.288. The summed E-state index contributed by atoms with van der Waals surface area (Å²) < 4.78 is 0. The van der Waals surface area contributed by atoms with Crippen molar-refractivity contribution in [2.75, 3.05) is 20.2 Å². The lowest BCUT2D eigenvalue weighted by atomic mass is 9.90. The molecule has 0 bridgehead atoms. The summed E-state index contributed by atoms with van der Waals surface area (Å²) >= 11 is 0. The third-order valence-corrected chi connectivity index (χ3v) is 3.28. The van der Waals surface area contributed by atoms with E-state index in [1.807, 2.05) is 0 Å². The first kappa shape index (κ1) is 12.0. The molecule has 1 aliphatic carbocycles. The Bertz CT molecular complexity index is 155. The van der Waals surface area contributed by atoms with Crippen LogP contribution in [0.5, 0.6) is 0 Å². The zero-order chi connectivity index (χ0) is 10.6. The van der Waals surface area contributed by atoms with Crippen molar-refractivity contribution in [2.24, 2.45) is 11.7 Å². The number of rotatable bonds is 4. The molecule has 3 N–H and O–H groups in total. The van der Waals surface area contributed by atoms with E-state index in [9.17, 15) is 0 Å². The Morgan fingerprint density at radius 1 is 1.36 bits per heavy atom. The van der Waals surface area contributed by atoms with Crippen LogP contribution in [0.25, 0.3) is 0 Å². The lowest BCUT2D eigenvalue weighted by Crippen LogP contribution is -2.40. The van der Waals surface area contributed by atoms with Crippen molar-refractivity contribution in [1.82, 2.24) is 4.90 Å². The van der Waals surface area contributed by atoms with E-state index >= 15 is 0 Å². The fourth-order valence-corrected chi connectivity index (χ4v) is 2.24. The molecule has 3 heteroatoms. The molecule has 1 atom stereocenters. The highest BCUT2D eigenvalue weighted by Crippen LogP contribution is 2.21. The van der Waals surface area contributed by atoms with Crippen LogP contribution >= 0.6 is 0 Å². The Hall–Kier alpha value is -0.120. The fourth-order valence-electron chi connectivity index (χ4n) is 2.24. The second-order valence-corrected chi connectivity index (χ2v) is 4.80. The van der Waals surface area contributed by atoms with Crippen molar-refractivity contribution >= 4 is 0 Å². The Kier molecular flexibility index (Phi) is 4.85. The monoisotopic (exact) mass is 200 g/mol. The number of hydrogen-bond acceptors (Lipinski definition) is 3. The molecule has 84 valence electrons. The highest BCUT2D eigenvalue weighted by molar-refractivity contribution is 4.80. The average molecular weight is 200 g/mol. The Morgan fingerprint density at radius 3 is 2.43 bits per heavy atom. The first-order valence-electron chi connectivity index (χ1n) is 5.70. The van der Waals surface area contributed by atoms with Gasteiger partial charge in [-0.3, -0.25) is 0 Å². The van der Waals surface area contributed by atoms with E-state index in [0.29, 0.717) is 18.0 Å². The fraction of sp³-hybridized carbons (Fsp3) is 1.00. The normalized spacial score (nSPS) is 30.6. The second-order valence-electron chi connectivity index (χ2n) is 4.80. The molecule has 0 amide bonds. The third-order valence-electron chi connectivity index (χ3n) is 3.28. The van der Waals surface area contributed by atoms with Crippen LogP contribution in [0.15, 0.2) is 0 Å². The molecule has 1 saturated carbocycles. The molecule has 0 heterocycles. The summed E-state index contributed by atoms with van der Waals surface area (Å²) in [4.78, 5) is 2.38. The number of nitrogens with two attached hydrogens (primary N) is 1. The quantitative estimate of drug-likeness (QED) is 0.706. The lowest BCUT2D eigenvalue weighted by Gasteiger charge is -2.34. The summed E-state index contributed by atoms with van der Waals surface area (Å²) in [6.07, 6.45) is 4.75. The standard InChI is InChI=1S/C11H24N2O/c1-9(8-14)7-13(2)11-5-3-10(12)4-6-11/h9-11,14H,3-8,12H2,1-2H3. The molecule has 1 unspecified atom stereocenters. The van der Waals surface area contributed by atoms with Gasteiger partial charge in [-0.05, 0) is 38.6 Å². The Balaban J connectivity index is 2.26. The smallest absolute Gasteiger partial charge is 0.0468 e. The maximum atomic E-state index is 8.98. The lowest BCUT2D eigenvalue weighted by molar-refractivity contribution is 0.135. The molecule has 0 spiro atoms. The van der Waals surface area contributed by atoms with E-state index in [2.05, 4.69) is 18.9 Å². The minimum Gasteiger partial charge on any atom is -0.396 e. The molecule has 0 radical (unpaired) electrons. The zero-order valence-electron chi connectivity index (χ0n) is 9.45. The van der Waals surface area contributed by atoms with Crippen molar-refractivity contribution in [3.8, 4) is 0 Å². The number of aliphatic hydroxyl groups excluding tert-OH is 1. The summed E-state index contributed by atoms with van der Waals surface area (Å²) in [6.45, 7) is 3.37. The van der Waals surface area contributed by atoms with Crippen molar-refractivity contribution in [1.29, 1.82) is 0 Å². The van der Waals surface area contributed by atoms with Gasteiger partial charge in [-0.1, -0.05) is 6.92 Å². The highest BCUT2D eigenvalue weighted by Gasteiger charge is 2.22. The van der Waals surface area contributed by atoms with Crippen LogP contribution in [0.4, 0.5) is 0 Å². The molecule has 0 aliphatic heterocycles. The summed E-state index contributed by atoms with van der Waals surface area (Å²) in [5, 5.41) is 8.98. The molecule has 14 heavy (non-hydrogen) atoms. The summed E-state index contributed by atoms with van der Waals surface area (Å²) in [5.41, 5.74) is 5.87. The SMILES string of the molecule is CC(CO)CN(C)C1CCC(N)CC1. The van der Waals surface area contributed by atoms with E-state index < -0.39 is 0 Å². The van der Waals surface area contributed by atoms with Crippen LogP contribution in [0.2, 0.25) is 0 Å². The maximum absolute atomic E-state index is 8.98. The van der Waals surface area contributed by atoms with Crippen LogP contribution in [0.1, 0.15) is 32.6 Å². The van der Waals surface area contributed by atoms with Crippen molar-refractivity contribution < 1.29 is 5.11 Å². The predicted molar refractivity (Wildman–Crippen MR) is 59.1 cm³/mol. The Labute approximate surface area is 87.3 Å². The van der Waals surface area contributed by atoms with E-state index in [0.717, 1.165) is 19.4 Å². The maximum Gasteiger partial charge on any atom is 0.0468 e. The summed E-state index contributed by atoms with van der Waals surface area (Å²) in [7, 11) is 2.16. The molecule has 3 nitrogen and oxygen atoms in total. The van der Waals surface area contributed by atoms with Crippen molar-refractivity contribution in [2.45, 2.75) is 44.7 Å². The van der Waals surface area contributed by atoms with Gasteiger partial charge in [0.25, 0.3) is 0 Å². The van der Waals surface area contributed by atoms with Gasteiger partial charge < -0.3 is 15.7 Å². The molecule has 1 aliphatic rings. The largest absolute Gasteiger partial charge is 0.396 e. The van der Waals surface area contributed by atoms with Gasteiger partial charge in [-0.2, -0.15) is 0 Å². The van der Waals surface area contributed by atoms with Crippen LogP contribution in [-0.4, -0.2) is 42.3 Å². The number of hydrogen-bond donors (Lipinski definition) is 2. The zero-order valence-corrected chi connectivity index (χ0v) is 9.45. The van der Waals surface area contributed by atoms with Crippen molar-refractivity contribution in [3.05, 3.63) is 0 Å². The molecular weight excluding hydrogens is 176 g/mol. The first-order valence-corrected chi connectivity index (χ1v) is 5.70. The third kappa shape index (κ3) is 3.56. The van der Waals surface area contributed by atoms with E-state index in [4.69, 9.17) is 10.8 Å². The molecular formula is C11H24N2O. The van der Waals surface area contributed by atoms with Crippen LogP contribution < -0.4 is 5.73 Å². The molecule has 0 saturated heterocycles. The highest BCUT2D eigenvalue weighted by atomic mass is 16.3. The van der Waals surface area contributed by atoms with Gasteiger partial charge in [-0.25, -0.2) is 0 Å². The topological polar surface area (TPSA) is 49.5 Å². The first-order chi connectivity index (χ1) is 6.63. The molecule has 0 aromatic heterocycles. The van der Waals surface area contributed by atoms with Crippen LogP contribution in [-0.2, 0) is 0 Å². The number of aliphatic hydroxyl groups is 1. The van der Waals surface area contributed by atoms with E-state index in [1.54, 1.807) is 0 Å². The summed E-state index contributed by atoms with van der Waals surface area (Å²) in [5.74, 6) is 0.385. The Morgan fingerprint density at radius 2 is 1.93 bits per heavy atom. The van der Waals surface area contributed by atoms with Crippen LogP contribution in [0, 0.1) is 5.92 Å². The average Bonchev–Trinajstić information content (AvgIpc) is 2.18.